The van der Waals surface area contributed by atoms with E-state index in [1.54, 1.807) is 17.6 Å². The molecule has 0 spiro atoms. The predicted molar refractivity (Wildman–Crippen MR) is 51.7 cm³/mol. The molecule has 0 unspecified atom stereocenters. The van der Waals surface area contributed by atoms with E-state index in [-0.39, 0.29) is 5.75 Å². The van der Waals surface area contributed by atoms with Gasteiger partial charge in [0, 0.05) is 17.6 Å². The zero-order chi connectivity index (χ0) is 9.26. The van der Waals surface area contributed by atoms with Gasteiger partial charge in [0.1, 0.15) is 11.6 Å². The van der Waals surface area contributed by atoms with Gasteiger partial charge in [0.2, 0.25) is 0 Å². The van der Waals surface area contributed by atoms with Gasteiger partial charge in [-0.1, -0.05) is 0 Å². The molecule has 2 aromatic heterocycles. The molecule has 0 aliphatic heterocycles. The fraction of sp³-hybridized carbons (Fsp3) is 0.111. The van der Waals surface area contributed by atoms with Gasteiger partial charge in [-0.15, -0.1) is 11.3 Å². The van der Waals surface area contributed by atoms with Crippen LogP contribution in [0.5, 0.6) is 5.75 Å². The van der Waals surface area contributed by atoms with E-state index in [2.05, 4.69) is 9.97 Å². The third kappa shape index (κ3) is 1.67. The Morgan fingerprint density at radius 3 is 2.92 bits per heavy atom. The van der Waals surface area contributed by atoms with Crippen LogP contribution in [0.4, 0.5) is 0 Å². The molecule has 0 saturated heterocycles. The molecule has 1 N–H and O–H groups in total. The van der Waals surface area contributed by atoms with Crippen LogP contribution in [-0.2, 0) is 0 Å². The Kier molecular flexibility index (Phi) is 1.98. The molecule has 2 heterocycles. The predicted octanol–water partition coefficient (Wildman–Crippen LogP) is 2.22. The topological polar surface area (TPSA) is 46.0 Å². The van der Waals surface area contributed by atoms with Crippen LogP contribution in [0.3, 0.4) is 0 Å². The maximum Gasteiger partial charge on any atom is 0.126 e. The van der Waals surface area contributed by atoms with Crippen molar-refractivity contribution in [1.29, 1.82) is 0 Å². The minimum Gasteiger partial charge on any atom is -0.507 e. The Hall–Kier alpha value is -1.42. The van der Waals surface area contributed by atoms with Gasteiger partial charge in [0.25, 0.3) is 0 Å². The average Bonchev–Trinajstić information content (AvgIpc) is 2.52. The molecule has 3 nitrogen and oxygen atoms in total. The molecule has 13 heavy (non-hydrogen) atoms. The number of aromatic hydroxyl groups is 1. The van der Waals surface area contributed by atoms with Gasteiger partial charge < -0.3 is 5.11 Å². The van der Waals surface area contributed by atoms with Crippen molar-refractivity contribution in [2.24, 2.45) is 0 Å². The Balaban J connectivity index is 2.46. The van der Waals surface area contributed by atoms with Crippen LogP contribution < -0.4 is 0 Å². The summed E-state index contributed by atoms with van der Waals surface area (Å²) < 4.78 is 0. The van der Waals surface area contributed by atoms with Crippen molar-refractivity contribution in [2.45, 2.75) is 6.92 Å². The van der Waals surface area contributed by atoms with Gasteiger partial charge >= 0.3 is 0 Å². The lowest BCUT2D eigenvalue weighted by Gasteiger charge is -1.95. The molecule has 0 saturated carbocycles. The highest BCUT2D eigenvalue weighted by molar-refractivity contribution is 7.13. The molecular weight excluding hydrogens is 184 g/mol. The molecule has 0 bridgehead atoms. The zero-order valence-corrected chi connectivity index (χ0v) is 7.88. The normalized spacial score (nSPS) is 10.2. The van der Waals surface area contributed by atoms with Gasteiger partial charge in [-0.3, -0.25) is 0 Å². The molecule has 2 rings (SSSR count). The highest BCUT2D eigenvalue weighted by atomic mass is 32.1. The second kappa shape index (κ2) is 3.14. The van der Waals surface area contributed by atoms with E-state index in [0.717, 1.165) is 16.4 Å². The summed E-state index contributed by atoms with van der Waals surface area (Å²) in [5.74, 6) is 1.03. The summed E-state index contributed by atoms with van der Waals surface area (Å²) in [7, 11) is 0. The molecule has 66 valence electrons. The third-order valence-corrected chi connectivity index (χ3v) is 2.55. The van der Waals surface area contributed by atoms with E-state index in [4.69, 9.17) is 5.11 Å². The maximum absolute atomic E-state index is 9.15. The largest absolute Gasteiger partial charge is 0.507 e. The van der Waals surface area contributed by atoms with Gasteiger partial charge in [-0.05, 0) is 13.0 Å². The highest BCUT2D eigenvalue weighted by Crippen LogP contribution is 2.28. The van der Waals surface area contributed by atoms with Crippen LogP contribution in [0.2, 0.25) is 0 Å². The summed E-state index contributed by atoms with van der Waals surface area (Å²) in [4.78, 5) is 9.21. The van der Waals surface area contributed by atoms with Crippen molar-refractivity contribution in [3.05, 3.63) is 29.5 Å². The molecule has 0 amide bonds. The van der Waals surface area contributed by atoms with Gasteiger partial charge in [-0.25, -0.2) is 9.97 Å². The fourth-order valence-electron chi connectivity index (χ4n) is 1.05. The van der Waals surface area contributed by atoms with E-state index in [1.165, 1.54) is 11.3 Å². The third-order valence-electron chi connectivity index (χ3n) is 1.61. The Morgan fingerprint density at radius 1 is 1.46 bits per heavy atom. The molecule has 0 radical (unpaired) electrons. The van der Waals surface area contributed by atoms with Crippen LogP contribution in [-0.4, -0.2) is 15.1 Å². The molecule has 0 aromatic carbocycles. The quantitative estimate of drug-likeness (QED) is 0.753. The minimum atomic E-state index is 0.288. The molecule has 4 heteroatoms. The smallest absolute Gasteiger partial charge is 0.126 e. The Bertz CT molecular complexity index is 425. The molecular formula is C9H8N2OS. The van der Waals surface area contributed by atoms with Crippen LogP contribution in [0.1, 0.15) is 5.82 Å². The number of hydrogen-bond acceptors (Lipinski definition) is 4. The second-order valence-corrected chi connectivity index (χ2v) is 3.57. The second-order valence-electron chi connectivity index (χ2n) is 2.66. The summed E-state index contributed by atoms with van der Waals surface area (Å²) >= 11 is 1.47. The van der Waals surface area contributed by atoms with E-state index in [1.807, 2.05) is 13.0 Å². The molecule has 0 aliphatic carbocycles. The summed E-state index contributed by atoms with van der Waals surface area (Å²) in [6, 6.07) is 3.53. The first-order valence-corrected chi connectivity index (χ1v) is 4.71. The summed E-state index contributed by atoms with van der Waals surface area (Å²) in [5.41, 5.74) is 0.859. The number of nitrogens with zero attached hydrogens (tertiary/aromatic N) is 2. The highest BCUT2D eigenvalue weighted by Gasteiger charge is 2.02. The maximum atomic E-state index is 9.15. The van der Waals surface area contributed by atoms with Gasteiger partial charge in [0.05, 0.1) is 10.6 Å². The van der Waals surface area contributed by atoms with Gasteiger partial charge in [0.15, 0.2) is 0 Å². The number of thiophene rings is 1. The first kappa shape index (κ1) is 8.19. The van der Waals surface area contributed by atoms with Crippen molar-refractivity contribution in [3.8, 4) is 16.3 Å². The first-order valence-electron chi connectivity index (χ1n) is 3.83. The van der Waals surface area contributed by atoms with Crippen LogP contribution in [0, 0.1) is 6.92 Å². The lowest BCUT2D eigenvalue weighted by Crippen LogP contribution is -1.87. The summed E-state index contributed by atoms with van der Waals surface area (Å²) in [6.07, 6.45) is 1.72. The van der Waals surface area contributed by atoms with Crippen molar-refractivity contribution >= 4 is 11.3 Å². The van der Waals surface area contributed by atoms with Crippen molar-refractivity contribution in [2.75, 3.05) is 0 Å². The minimum absolute atomic E-state index is 0.288. The SMILES string of the molecule is Cc1nccc(-c2cc(O)cs2)n1. The molecule has 0 fully saturated rings. The van der Waals surface area contributed by atoms with E-state index in [9.17, 15) is 0 Å². The average molecular weight is 192 g/mol. The van der Waals surface area contributed by atoms with E-state index in [0.29, 0.717) is 0 Å². The lowest BCUT2D eigenvalue weighted by atomic mass is 10.3. The summed E-state index contributed by atoms with van der Waals surface area (Å²) in [6.45, 7) is 1.84. The van der Waals surface area contributed by atoms with Crippen molar-refractivity contribution in [1.82, 2.24) is 9.97 Å². The molecule has 0 atom stereocenters. The standard InChI is InChI=1S/C9H8N2OS/c1-6-10-3-2-8(11-6)9-4-7(12)5-13-9/h2-5,12H,1H3. The molecule has 0 aliphatic rings. The fourth-order valence-corrected chi connectivity index (χ4v) is 1.79. The summed E-state index contributed by atoms with van der Waals surface area (Å²) in [5, 5.41) is 10.8. The Morgan fingerprint density at radius 2 is 2.31 bits per heavy atom. The lowest BCUT2D eigenvalue weighted by molar-refractivity contribution is 0.478. The Labute approximate surface area is 79.7 Å². The van der Waals surface area contributed by atoms with Crippen LogP contribution in [0.25, 0.3) is 10.6 Å². The number of rotatable bonds is 1. The monoisotopic (exact) mass is 192 g/mol. The first-order chi connectivity index (χ1) is 6.25. The van der Waals surface area contributed by atoms with E-state index >= 15 is 0 Å². The van der Waals surface area contributed by atoms with Crippen molar-refractivity contribution < 1.29 is 5.11 Å². The zero-order valence-electron chi connectivity index (χ0n) is 7.06. The van der Waals surface area contributed by atoms with Gasteiger partial charge in [-0.2, -0.15) is 0 Å². The number of hydrogen-bond donors (Lipinski definition) is 1. The van der Waals surface area contributed by atoms with Crippen molar-refractivity contribution in [3.63, 3.8) is 0 Å². The van der Waals surface area contributed by atoms with E-state index < -0.39 is 0 Å². The number of aromatic nitrogens is 2. The number of aryl methyl sites for hydroxylation is 1. The molecule has 2 aromatic rings. The van der Waals surface area contributed by atoms with Crippen LogP contribution >= 0.6 is 11.3 Å². The van der Waals surface area contributed by atoms with Crippen LogP contribution in [0.15, 0.2) is 23.7 Å².